The number of carboxylic acids is 1. The summed E-state index contributed by atoms with van der Waals surface area (Å²) < 4.78 is 25.9. The number of nitro groups is 1. The minimum atomic E-state index is -3.98. The molecule has 21 heavy (non-hydrogen) atoms. The maximum Gasteiger partial charge on any atom is 0.322 e. The number of carbonyl (C=O) groups is 1. The van der Waals surface area contributed by atoms with E-state index >= 15 is 0 Å². The summed E-state index contributed by atoms with van der Waals surface area (Å²) in [5, 5.41) is 19.8. The Kier molecular flexibility index (Phi) is 3.97. The summed E-state index contributed by atoms with van der Waals surface area (Å²) >= 11 is 0. The second-order valence-corrected chi connectivity index (χ2v) is 6.81. The molecule has 0 radical (unpaired) electrons. The quantitative estimate of drug-likeness (QED) is 0.656. The lowest BCUT2D eigenvalue weighted by atomic mass is 10.0. The van der Waals surface area contributed by atoms with Gasteiger partial charge < -0.3 is 5.11 Å². The van der Waals surface area contributed by atoms with Crippen molar-refractivity contribution in [3.8, 4) is 0 Å². The van der Waals surface area contributed by atoms with Crippen LogP contribution in [0.5, 0.6) is 0 Å². The average Bonchev–Trinajstić information content (AvgIpc) is 2.81. The highest BCUT2D eigenvalue weighted by Gasteiger charge is 2.43. The fraction of sp³-hybridized carbons (Fsp3) is 0.417. The van der Waals surface area contributed by atoms with E-state index in [0.717, 1.165) is 28.6 Å². The summed E-state index contributed by atoms with van der Waals surface area (Å²) in [7, 11) is -3.98. The molecule has 0 amide bonds. The SMILES string of the molecule is CC1CCN(S(=O)(=O)c2ccc([N+](=O)[O-])cc2)C1C(=O)O. The summed E-state index contributed by atoms with van der Waals surface area (Å²) in [6.07, 6.45) is 0.461. The summed E-state index contributed by atoms with van der Waals surface area (Å²) in [6, 6.07) is 3.31. The zero-order valence-electron chi connectivity index (χ0n) is 11.2. The van der Waals surface area contributed by atoms with E-state index in [1.165, 1.54) is 0 Å². The van der Waals surface area contributed by atoms with Crippen LogP contribution in [0.2, 0.25) is 0 Å². The third-order valence-corrected chi connectivity index (χ3v) is 5.46. The molecule has 1 aliphatic heterocycles. The van der Waals surface area contributed by atoms with Crippen molar-refractivity contribution in [1.29, 1.82) is 0 Å². The van der Waals surface area contributed by atoms with Gasteiger partial charge in [-0.05, 0) is 24.5 Å². The van der Waals surface area contributed by atoms with Crippen molar-refractivity contribution >= 4 is 21.7 Å². The van der Waals surface area contributed by atoms with E-state index in [1.54, 1.807) is 6.92 Å². The van der Waals surface area contributed by atoms with Crippen molar-refractivity contribution in [1.82, 2.24) is 4.31 Å². The number of carboxylic acid groups (broad SMARTS) is 1. The van der Waals surface area contributed by atoms with Gasteiger partial charge in [0.1, 0.15) is 6.04 Å². The number of benzene rings is 1. The van der Waals surface area contributed by atoms with Gasteiger partial charge in [-0.3, -0.25) is 14.9 Å². The van der Waals surface area contributed by atoms with Gasteiger partial charge in [0, 0.05) is 18.7 Å². The van der Waals surface area contributed by atoms with Crippen LogP contribution in [0.4, 0.5) is 5.69 Å². The van der Waals surface area contributed by atoms with E-state index in [9.17, 15) is 28.4 Å². The lowest BCUT2D eigenvalue weighted by molar-refractivity contribution is -0.384. The number of hydrogen-bond donors (Lipinski definition) is 1. The van der Waals surface area contributed by atoms with Crippen LogP contribution in [0.15, 0.2) is 29.2 Å². The van der Waals surface area contributed by atoms with Crippen molar-refractivity contribution in [2.45, 2.75) is 24.3 Å². The molecule has 1 aromatic rings. The van der Waals surface area contributed by atoms with Crippen molar-refractivity contribution in [3.05, 3.63) is 34.4 Å². The maximum absolute atomic E-state index is 12.5. The van der Waals surface area contributed by atoms with E-state index in [0.29, 0.717) is 6.42 Å². The summed E-state index contributed by atoms with van der Waals surface area (Å²) in [4.78, 5) is 21.0. The first-order valence-electron chi connectivity index (χ1n) is 6.24. The molecule has 8 nitrogen and oxygen atoms in total. The predicted octanol–water partition coefficient (Wildman–Crippen LogP) is 1.08. The van der Waals surface area contributed by atoms with E-state index in [1.807, 2.05) is 0 Å². The van der Waals surface area contributed by atoms with E-state index in [4.69, 9.17) is 0 Å². The Balaban J connectivity index is 2.37. The molecule has 2 unspecified atom stereocenters. The molecule has 1 aromatic carbocycles. The Morgan fingerprint density at radius 3 is 2.43 bits per heavy atom. The standard InChI is InChI=1S/C12H14N2O6S/c1-8-6-7-13(11(8)12(15)16)21(19,20)10-4-2-9(3-5-10)14(17)18/h2-5,8,11H,6-7H2,1H3,(H,15,16). The summed E-state index contributed by atoms with van der Waals surface area (Å²) in [6.45, 7) is 1.81. The molecule has 0 spiro atoms. The van der Waals surface area contributed by atoms with Gasteiger partial charge in [-0.2, -0.15) is 4.31 Å². The van der Waals surface area contributed by atoms with E-state index < -0.39 is 27.0 Å². The molecule has 1 N–H and O–H groups in total. The van der Waals surface area contributed by atoms with Crippen LogP contribution in [-0.2, 0) is 14.8 Å². The summed E-state index contributed by atoms with van der Waals surface area (Å²) in [5.41, 5.74) is -0.224. The Morgan fingerprint density at radius 1 is 1.38 bits per heavy atom. The number of aliphatic carboxylic acids is 1. The van der Waals surface area contributed by atoms with Crippen LogP contribution in [0.25, 0.3) is 0 Å². The zero-order chi connectivity index (χ0) is 15.8. The average molecular weight is 314 g/mol. The molecule has 0 aromatic heterocycles. The fourth-order valence-electron chi connectivity index (χ4n) is 2.42. The molecule has 114 valence electrons. The Morgan fingerprint density at radius 2 is 1.95 bits per heavy atom. The molecular formula is C12H14N2O6S. The van der Waals surface area contributed by atoms with Gasteiger partial charge in [-0.25, -0.2) is 8.42 Å². The molecule has 1 fully saturated rings. The predicted molar refractivity (Wildman–Crippen MR) is 72.2 cm³/mol. The van der Waals surface area contributed by atoms with Gasteiger partial charge in [0.2, 0.25) is 10.0 Å². The largest absolute Gasteiger partial charge is 0.480 e. The smallest absolute Gasteiger partial charge is 0.322 e. The number of rotatable bonds is 4. The highest BCUT2D eigenvalue weighted by molar-refractivity contribution is 7.89. The lowest BCUT2D eigenvalue weighted by Gasteiger charge is -2.22. The minimum absolute atomic E-state index is 0.122. The molecule has 2 atom stereocenters. The van der Waals surface area contributed by atoms with Gasteiger partial charge in [0.25, 0.3) is 5.69 Å². The van der Waals surface area contributed by atoms with E-state index in [2.05, 4.69) is 0 Å². The number of nitrogens with zero attached hydrogens (tertiary/aromatic N) is 2. The molecule has 9 heteroatoms. The number of hydrogen-bond acceptors (Lipinski definition) is 5. The monoisotopic (exact) mass is 314 g/mol. The topological polar surface area (TPSA) is 118 Å². The Hall–Kier alpha value is -2.00. The molecule has 2 rings (SSSR count). The second-order valence-electron chi connectivity index (χ2n) is 4.92. The maximum atomic E-state index is 12.5. The van der Waals surface area contributed by atoms with Crippen LogP contribution < -0.4 is 0 Å². The molecular weight excluding hydrogens is 300 g/mol. The summed E-state index contributed by atoms with van der Waals surface area (Å²) in [5.74, 6) is -1.47. The van der Waals surface area contributed by atoms with Crippen LogP contribution in [0, 0.1) is 16.0 Å². The van der Waals surface area contributed by atoms with Crippen molar-refractivity contribution in [2.75, 3.05) is 6.54 Å². The van der Waals surface area contributed by atoms with Crippen molar-refractivity contribution in [2.24, 2.45) is 5.92 Å². The number of sulfonamides is 1. The second kappa shape index (κ2) is 5.41. The van der Waals surface area contributed by atoms with Gasteiger partial charge in [-0.1, -0.05) is 6.92 Å². The fourth-order valence-corrected chi connectivity index (χ4v) is 4.12. The minimum Gasteiger partial charge on any atom is -0.480 e. The Bertz CT molecular complexity index is 669. The Labute approximate surface area is 121 Å². The van der Waals surface area contributed by atoms with Gasteiger partial charge >= 0.3 is 5.97 Å². The highest BCUT2D eigenvalue weighted by Crippen LogP contribution is 2.30. The van der Waals surface area contributed by atoms with Crippen LogP contribution in [-0.4, -0.2) is 41.3 Å². The molecule has 1 saturated heterocycles. The lowest BCUT2D eigenvalue weighted by Crippen LogP contribution is -2.42. The third-order valence-electron chi connectivity index (χ3n) is 3.56. The van der Waals surface area contributed by atoms with Crippen LogP contribution >= 0.6 is 0 Å². The molecule has 0 saturated carbocycles. The number of non-ortho nitro benzene ring substituents is 1. The van der Waals surface area contributed by atoms with Crippen molar-refractivity contribution in [3.63, 3.8) is 0 Å². The first kappa shape index (κ1) is 15.4. The van der Waals surface area contributed by atoms with Gasteiger partial charge in [0.05, 0.1) is 9.82 Å². The van der Waals surface area contributed by atoms with Crippen molar-refractivity contribution < 1.29 is 23.2 Å². The highest BCUT2D eigenvalue weighted by atomic mass is 32.2. The third kappa shape index (κ3) is 2.74. The normalized spacial score (nSPS) is 23.1. The van der Waals surface area contributed by atoms with Crippen LogP contribution in [0.3, 0.4) is 0 Å². The zero-order valence-corrected chi connectivity index (χ0v) is 12.0. The first-order valence-corrected chi connectivity index (χ1v) is 7.68. The van der Waals surface area contributed by atoms with Crippen LogP contribution in [0.1, 0.15) is 13.3 Å². The molecule has 0 aliphatic carbocycles. The molecule has 1 aliphatic rings. The number of nitro benzene ring substituents is 1. The molecule has 0 bridgehead atoms. The van der Waals surface area contributed by atoms with E-state index in [-0.39, 0.29) is 23.0 Å². The van der Waals surface area contributed by atoms with Gasteiger partial charge in [-0.15, -0.1) is 0 Å². The first-order chi connectivity index (χ1) is 9.75. The molecule has 1 heterocycles. The van der Waals surface area contributed by atoms with Gasteiger partial charge in [0.15, 0.2) is 0 Å².